The van der Waals surface area contributed by atoms with Gasteiger partial charge in [0.05, 0.1) is 0 Å². The third-order valence-corrected chi connectivity index (χ3v) is 13.3. The first-order valence-electron chi connectivity index (χ1n) is 21.9. The molecule has 1 nitrogen and oxygen atoms in total. The molecule has 2 unspecified atom stereocenters. The molecule has 0 amide bonds. The Balaban J connectivity index is 0.894. The summed E-state index contributed by atoms with van der Waals surface area (Å²) in [5, 5.41) is 0. The molecule has 4 aliphatic carbocycles. The second kappa shape index (κ2) is 23.0. The standard InChI is InChI=1S/C46H82O/c1-37(2)35-45-29-25-43(26-30-45)23-21-41-17-13-39(14-18-41)11-7-5-9-33-47-34-10-6-8-12-40-15-19-42(20-16-40)22-24-44-27-31-46(32-28-44)36-38(3)4/h13,15,37-38,41-46H,5-12,14,16-36H2,1-4H3. The lowest BCUT2D eigenvalue weighted by atomic mass is 9.75. The van der Waals surface area contributed by atoms with Crippen molar-refractivity contribution in [2.75, 3.05) is 13.2 Å². The van der Waals surface area contributed by atoms with Gasteiger partial charge in [-0.3, -0.25) is 0 Å². The fourth-order valence-corrected chi connectivity index (χ4v) is 10.2. The summed E-state index contributed by atoms with van der Waals surface area (Å²) in [5.74, 6) is 7.90. The van der Waals surface area contributed by atoms with E-state index in [1.807, 2.05) is 0 Å². The molecule has 0 aromatic rings. The van der Waals surface area contributed by atoms with Crippen molar-refractivity contribution >= 4 is 0 Å². The highest BCUT2D eigenvalue weighted by molar-refractivity contribution is 5.07. The van der Waals surface area contributed by atoms with Crippen LogP contribution in [0.15, 0.2) is 23.3 Å². The third kappa shape index (κ3) is 16.8. The number of ether oxygens (including phenoxy) is 1. The van der Waals surface area contributed by atoms with Crippen LogP contribution in [0.25, 0.3) is 0 Å². The van der Waals surface area contributed by atoms with Crippen LogP contribution in [0.1, 0.15) is 207 Å². The molecule has 0 N–H and O–H groups in total. The van der Waals surface area contributed by atoms with Crippen LogP contribution in [0.4, 0.5) is 0 Å². The maximum absolute atomic E-state index is 6.02. The molecule has 1 heteroatoms. The van der Waals surface area contributed by atoms with Crippen molar-refractivity contribution in [3.63, 3.8) is 0 Å². The zero-order valence-corrected chi connectivity index (χ0v) is 32.4. The molecule has 0 bridgehead atoms. The number of hydrogen-bond donors (Lipinski definition) is 0. The maximum Gasteiger partial charge on any atom is 0.0466 e. The Labute approximate surface area is 295 Å². The van der Waals surface area contributed by atoms with Gasteiger partial charge in [-0.2, -0.15) is 0 Å². The second-order valence-electron chi connectivity index (χ2n) is 18.4. The van der Waals surface area contributed by atoms with Gasteiger partial charge in [0.15, 0.2) is 0 Å². The van der Waals surface area contributed by atoms with E-state index in [-0.39, 0.29) is 0 Å². The zero-order chi connectivity index (χ0) is 33.1. The SMILES string of the molecule is CC(C)CC1CCC(CCC2CC=C(CCCCCOCCCCCC3=CCC(CCC4CCC(CC(C)C)CC4)CC3)CC2)CC1. The fourth-order valence-electron chi connectivity index (χ4n) is 10.2. The highest BCUT2D eigenvalue weighted by Crippen LogP contribution is 2.39. The topological polar surface area (TPSA) is 9.23 Å². The van der Waals surface area contributed by atoms with Gasteiger partial charge in [-0.05, 0) is 150 Å². The van der Waals surface area contributed by atoms with Gasteiger partial charge in [0.1, 0.15) is 0 Å². The summed E-state index contributed by atoms with van der Waals surface area (Å²) in [7, 11) is 0. The smallest absolute Gasteiger partial charge is 0.0466 e. The molecule has 0 aromatic carbocycles. The minimum Gasteiger partial charge on any atom is -0.381 e. The molecule has 2 saturated carbocycles. The van der Waals surface area contributed by atoms with E-state index in [1.165, 1.54) is 180 Å². The minimum absolute atomic E-state index is 0.889. The van der Waals surface area contributed by atoms with Gasteiger partial charge in [0, 0.05) is 13.2 Å². The van der Waals surface area contributed by atoms with E-state index in [0.29, 0.717) is 0 Å². The number of rotatable bonds is 22. The van der Waals surface area contributed by atoms with Gasteiger partial charge < -0.3 is 4.74 Å². The quantitative estimate of drug-likeness (QED) is 0.0837. The summed E-state index contributed by atoms with van der Waals surface area (Å²) in [6.07, 6.45) is 45.5. The van der Waals surface area contributed by atoms with E-state index in [1.54, 1.807) is 11.1 Å². The van der Waals surface area contributed by atoms with Gasteiger partial charge in [-0.25, -0.2) is 0 Å². The summed E-state index contributed by atoms with van der Waals surface area (Å²) < 4.78 is 6.02. The van der Waals surface area contributed by atoms with E-state index < -0.39 is 0 Å². The van der Waals surface area contributed by atoms with Gasteiger partial charge in [0.2, 0.25) is 0 Å². The summed E-state index contributed by atoms with van der Waals surface area (Å²) in [6, 6.07) is 0. The lowest BCUT2D eigenvalue weighted by Gasteiger charge is -2.31. The molecule has 0 aromatic heterocycles. The van der Waals surface area contributed by atoms with Gasteiger partial charge in [-0.15, -0.1) is 0 Å². The van der Waals surface area contributed by atoms with Gasteiger partial charge in [0.25, 0.3) is 0 Å². The predicted molar refractivity (Wildman–Crippen MR) is 207 cm³/mol. The van der Waals surface area contributed by atoms with Gasteiger partial charge >= 0.3 is 0 Å². The second-order valence-corrected chi connectivity index (χ2v) is 18.4. The third-order valence-electron chi connectivity index (χ3n) is 13.3. The largest absolute Gasteiger partial charge is 0.381 e. The van der Waals surface area contributed by atoms with Crippen molar-refractivity contribution in [3.05, 3.63) is 23.3 Å². The summed E-state index contributed by atoms with van der Waals surface area (Å²) in [4.78, 5) is 0. The molecule has 4 aliphatic rings. The molecule has 0 aliphatic heterocycles. The molecule has 0 spiro atoms. The molecule has 2 fully saturated rings. The van der Waals surface area contributed by atoms with Gasteiger partial charge in [-0.1, -0.05) is 128 Å². The molecule has 0 radical (unpaired) electrons. The predicted octanol–water partition coefficient (Wildman–Crippen LogP) is 14.8. The Hall–Kier alpha value is -0.560. The van der Waals surface area contributed by atoms with E-state index in [2.05, 4.69) is 39.8 Å². The Morgan fingerprint density at radius 2 is 0.851 bits per heavy atom. The summed E-state index contributed by atoms with van der Waals surface area (Å²) >= 11 is 0. The number of allylic oxidation sites excluding steroid dienone is 4. The molecule has 0 saturated heterocycles. The first kappa shape index (κ1) is 39.2. The van der Waals surface area contributed by atoms with E-state index in [0.717, 1.165) is 60.6 Å². The van der Waals surface area contributed by atoms with E-state index in [4.69, 9.17) is 4.74 Å². The van der Waals surface area contributed by atoms with Crippen LogP contribution < -0.4 is 0 Å². The molecule has 2 atom stereocenters. The molecule has 4 rings (SSSR count). The van der Waals surface area contributed by atoms with Crippen LogP contribution in [-0.2, 0) is 4.74 Å². The Bertz CT molecular complexity index is 778. The molecule has 47 heavy (non-hydrogen) atoms. The Kier molecular flexibility index (Phi) is 19.2. The molecule has 272 valence electrons. The van der Waals surface area contributed by atoms with E-state index >= 15 is 0 Å². The maximum atomic E-state index is 6.02. The van der Waals surface area contributed by atoms with Crippen LogP contribution in [0.5, 0.6) is 0 Å². The molecular weight excluding hydrogens is 569 g/mol. The van der Waals surface area contributed by atoms with Crippen molar-refractivity contribution in [3.8, 4) is 0 Å². The van der Waals surface area contributed by atoms with Crippen LogP contribution in [0.3, 0.4) is 0 Å². The average molecular weight is 651 g/mol. The van der Waals surface area contributed by atoms with Crippen molar-refractivity contribution in [1.29, 1.82) is 0 Å². The normalized spacial score (nSPS) is 28.9. The monoisotopic (exact) mass is 651 g/mol. The highest BCUT2D eigenvalue weighted by atomic mass is 16.5. The van der Waals surface area contributed by atoms with Crippen LogP contribution in [0, 0.1) is 47.3 Å². The summed E-state index contributed by atoms with van der Waals surface area (Å²) in [6.45, 7) is 11.6. The Morgan fingerprint density at radius 1 is 0.468 bits per heavy atom. The number of unbranched alkanes of at least 4 members (excludes halogenated alkanes) is 4. The fraction of sp³-hybridized carbons (Fsp3) is 0.913. The van der Waals surface area contributed by atoms with Crippen molar-refractivity contribution in [2.45, 2.75) is 207 Å². The van der Waals surface area contributed by atoms with E-state index in [9.17, 15) is 0 Å². The minimum atomic E-state index is 0.889. The first-order valence-corrected chi connectivity index (χ1v) is 21.9. The van der Waals surface area contributed by atoms with Crippen LogP contribution in [0.2, 0.25) is 0 Å². The Morgan fingerprint density at radius 3 is 1.21 bits per heavy atom. The van der Waals surface area contributed by atoms with Crippen LogP contribution in [-0.4, -0.2) is 13.2 Å². The summed E-state index contributed by atoms with van der Waals surface area (Å²) in [5.41, 5.74) is 3.55. The molecular formula is C46H82O. The van der Waals surface area contributed by atoms with Crippen molar-refractivity contribution < 1.29 is 4.74 Å². The van der Waals surface area contributed by atoms with Crippen molar-refractivity contribution in [1.82, 2.24) is 0 Å². The molecule has 0 heterocycles. The average Bonchev–Trinajstić information content (AvgIpc) is 3.07. The zero-order valence-electron chi connectivity index (χ0n) is 32.4. The lowest BCUT2D eigenvalue weighted by molar-refractivity contribution is 0.126. The van der Waals surface area contributed by atoms with Crippen LogP contribution >= 0.6 is 0 Å². The first-order chi connectivity index (χ1) is 22.9. The van der Waals surface area contributed by atoms with Crippen molar-refractivity contribution in [2.24, 2.45) is 47.3 Å². The number of hydrogen-bond acceptors (Lipinski definition) is 1. The lowest BCUT2D eigenvalue weighted by Crippen LogP contribution is -2.17. The highest BCUT2D eigenvalue weighted by Gasteiger charge is 2.25.